The van der Waals surface area contributed by atoms with Crippen molar-refractivity contribution in [2.75, 3.05) is 19.8 Å². The van der Waals surface area contributed by atoms with Crippen LogP contribution >= 0.6 is 0 Å². The van der Waals surface area contributed by atoms with E-state index in [-0.39, 0.29) is 33.8 Å². The zero-order valence-corrected chi connectivity index (χ0v) is 26.8. The molecule has 0 radical (unpaired) electrons. The SMILES string of the molecule is OCC1O[C@@H](Oc2cc3c(O[C@@H]4OC(CO)[C@@H](O)[C@H](O)C4O)cc(O)cc3[o+]c2-c2ccc(O)c(O)c2)C(O[C@@H]2OC[C@@H](O)C(O)[C@H]2O)C(O)[C@@H]1O. The van der Waals surface area contributed by atoms with Gasteiger partial charge in [-0.25, -0.2) is 4.42 Å². The molecule has 0 amide bonds. The number of aliphatic hydroxyl groups excluding tert-OH is 10. The molecule has 3 saturated heterocycles. The second kappa shape index (κ2) is 15.3. The maximum Gasteiger partial charge on any atom is 0.402 e. The van der Waals surface area contributed by atoms with Crippen LogP contribution in [-0.4, -0.2) is 172 Å². The third-order valence-corrected chi connectivity index (χ3v) is 8.94. The molecule has 4 heterocycles. The van der Waals surface area contributed by atoms with Crippen LogP contribution in [0.1, 0.15) is 0 Å². The zero-order chi connectivity index (χ0) is 37.6. The van der Waals surface area contributed by atoms with Gasteiger partial charge in [0.1, 0.15) is 77.9 Å². The third kappa shape index (κ3) is 7.27. The lowest BCUT2D eigenvalue weighted by Crippen LogP contribution is -2.63. The highest BCUT2D eigenvalue weighted by Crippen LogP contribution is 2.43. The quantitative estimate of drug-likeness (QED) is 0.0741. The first-order chi connectivity index (χ1) is 24.7. The molecule has 13 N–H and O–H groups in total. The Morgan fingerprint density at radius 1 is 0.635 bits per heavy atom. The van der Waals surface area contributed by atoms with Crippen LogP contribution in [-0.2, 0) is 18.9 Å². The highest BCUT2D eigenvalue weighted by molar-refractivity contribution is 5.89. The van der Waals surface area contributed by atoms with E-state index in [1.54, 1.807) is 0 Å². The number of phenols is 3. The molecule has 0 spiro atoms. The molecule has 52 heavy (non-hydrogen) atoms. The van der Waals surface area contributed by atoms with Crippen molar-refractivity contribution in [2.45, 2.75) is 86.0 Å². The van der Waals surface area contributed by atoms with Crippen molar-refractivity contribution < 1.29 is 99.2 Å². The van der Waals surface area contributed by atoms with Crippen LogP contribution < -0.4 is 9.47 Å². The van der Waals surface area contributed by atoms with Gasteiger partial charge in [0, 0.05) is 18.2 Å². The summed E-state index contributed by atoms with van der Waals surface area (Å²) in [6.45, 7) is -2.07. The fraction of sp³-hybridized carbons (Fsp3) is 0.531. The van der Waals surface area contributed by atoms with Gasteiger partial charge in [0.2, 0.25) is 18.3 Å². The predicted molar refractivity (Wildman–Crippen MR) is 166 cm³/mol. The third-order valence-electron chi connectivity index (χ3n) is 8.94. The molecule has 2 aromatic carbocycles. The van der Waals surface area contributed by atoms with Crippen LogP contribution in [0.15, 0.2) is 40.8 Å². The molecule has 14 atom stereocenters. The number of aromatic hydroxyl groups is 3. The number of hydrogen-bond donors (Lipinski definition) is 13. The Morgan fingerprint density at radius 3 is 1.94 bits per heavy atom. The van der Waals surface area contributed by atoms with Crippen molar-refractivity contribution >= 4 is 11.0 Å². The summed E-state index contributed by atoms with van der Waals surface area (Å²) in [6, 6.07) is 6.98. The molecule has 3 fully saturated rings. The number of rotatable bonds is 9. The lowest BCUT2D eigenvalue weighted by atomic mass is 9.98. The van der Waals surface area contributed by atoms with E-state index in [2.05, 4.69) is 0 Å². The van der Waals surface area contributed by atoms with Gasteiger partial charge in [-0.2, -0.15) is 0 Å². The van der Waals surface area contributed by atoms with Crippen LogP contribution in [0.4, 0.5) is 0 Å². The molecule has 0 bridgehead atoms. The van der Waals surface area contributed by atoms with E-state index in [0.717, 1.165) is 24.3 Å². The van der Waals surface area contributed by atoms with Gasteiger partial charge >= 0.3 is 11.3 Å². The van der Waals surface area contributed by atoms with Crippen LogP contribution in [0.25, 0.3) is 22.3 Å². The van der Waals surface area contributed by atoms with Gasteiger partial charge in [-0.1, -0.05) is 0 Å². The van der Waals surface area contributed by atoms with Gasteiger partial charge in [-0.3, -0.25) is 0 Å². The standard InChI is InChI=1S/C32H38O20/c33-7-19-22(40)24(42)27(45)31(50-19)48-17-5-11(35)4-16-12(17)6-18(28(47-16)10-1-2-13(36)14(37)3-10)49-32-29(25(43)23(41)20(8-34)51-32)52-30-26(44)21(39)15(38)9-46-30/h1-6,15,19-27,29-34,38-45H,7-9H2,(H2-,35,36,37)/p+1/t15-,19?,20?,21?,22-,23-,24+,25?,26-,27?,29?,30+,31-,32-/m1/s1. The molecule has 3 aliphatic rings. The number of fused-ring (bicyclic) bond motifs is 1. The Morgan fingerprint density at radius 2 is 1.27 bits per heavy atom. The van der Waals surface area contributed by atoms with Crippen molar-refractivity contribution in [3.05, 3.63) is 36.4 Å². The summed E-state index contributed by atoms with van der Waals surface area (Å²) >= 11 is 0. The molecule has 0 aliphatic carbocycles. The van der Waals surface area contributed by atoms with Crippen molar-refractivity contribution in [3.63, 3.8) is 0 Å². The van der Waals surface area contributed by atoms with Gasteiger partial charge in [-0.15, -0.1) is 0 Å². The van der Waals surface area contributed by atoms with Gasteiger partial charge in [0.15, 0.2) is 23.9 Å². The summed E-state index contributed by atoms with van der Waals surface area (Å²) in [5, 5.41) is 134. The van der Waals surface area contributed by atoms with Crippen LogP contribution in [0.5, 0.6) is 28.7 Å². The average Bonchev–Trinajstić information content (AvgIpc) is 3.12. The molecule has 0 saturated carbocycles. The monoisotopic (exact) mass is 743 g/mol. The Hall–Kier alpha value is -3.71. The summed E-state index contributed by atoms with van der Waals surface area (Å²) in [7, 11) is 0. The molecule has 20 heteroatoms. The molecule has 1 aromatic heterocycles. The molecule has 6 unspecified atom stereocenters. The first kappa shape index (κ1) is 38.0. The molecule has 286 valence electrons. The van der Waals surface area contributed by atoms with Crippen molar-refractivity contribution in [2.24, 2.45) is 0 Å². The Balaban J connectivity index is 1.44. The average molecular weight is 744 g/mol. The maximum atomic E-state index is 11.1. The number of ether oxygens (including phenoxy) is 6. The summed E-state index contributed by atoms with van der Waals surface area (Å²) in [5.74, 6) is -2.30. The predicted octanol–water partition coefficient (Wildman–Crippen LogP) is -3.68. The number of phenolic OH excluding ortho intramolecular Hbond substituents is 3. The minimum Gasteiger partial charge on any atom is -0.507 e. The van der Waals surface area contributed by atoms with E-state index in [1.807, 2.05) is 0 Å². The van der Waals surface area contributed by atoms with Crippen LogP contribution in [0.3, 0.4) is 0 Å². The molecule has 20 nitrogen and oxygen atoms in total. The molecular weight excluding hydrogens is 704 g/mol. The van der Waals surface area contributed by atoms with E-state index < -0.39 is 123 Å². The van der Waals surface area contributed by atoms with E-state index in [4.69, 9.17) is 32.8 Å². The topological polar surface area (TPSA) is 330 Å². The summed E-state index contributed by atoms with van der Waals surface area (Å²) in [5.41, 5.74) is -0.0653. The Kier molecular flexibility index (Phi) is 11.2. The minimum atomic E-state index is -1.89. The van der Waals surface area contributed by atoms with Gasteiger partial charge < -0.3 is 94.8 Å². The van der Waals surface area contributed by atoms with E-state index in [9.17, 15) is 66.4 Å². The van der Waals surface area contributed by atoms with Gasteiger partial charge in [0.05, 0.1) is 31.5 Å². The number of aliphatic hydroxyl groups is 10. The second-order valence-electron chi connectivity index (χ2n) is 12.5. The van der Waals surface area contributed by atoms with Crippen molar-refractivity contribution in [1.29, 1.82) is 0 Å². The number of hydrogen-bond acceptors (Lipinski definition) is 19. The van der Waals surface area contributed by atoms with E-state index in [0.29, 0.717) is 0 Å². The fourth-order valence-corrected chi connectivity index (χ4v) is 5.99. The largest absolute Gasteiger partial charge is 0.507 e. The minimum absolute atomic E-state index is 0.0211. The first-order valence-electron chi connectivity index (χ1n) is 16.0. The van der Waals surface area contributed by atoms with Crippen LogP contribution in [0, 0.1) is 0 Å². The Bertz CT molecular complexity index is 1710. The normalized spacial score (nSPS) is 36.8. The fourth-order valence-electron chi connectivity index (χ4n) is 5.99. The molecule has 3 aromatic rings. The van der Waals surface area contributed by atoms with Gasteiger partial charge in [-0.05, 0) is 12.1 Å². The molecule has 6 rings (SSSR count). The van der Waals surface area contributed by atoms with Gasteiger partial charge in [0.25, 0.3) is 0 Å². The van der Waals surface area contributed by atoms with Crippen molar-refractivity contribution in [1.82, 2.24) is 0 Å². The van der Waals surface area contributed by atoms with E-state index in [1.165, 1.54) is 12.1 Å². The second-order valence-corrected chi connectivity index (χ2v) is 12.5. The van der Waals surface area contributed by atoms with Crippen LogP contribution in [0.2, 0.25) is 0 Å². The summed E-state index contributed by atoms with van der Waals surface area (Å²) < 4.78 is 40.3. The highest BCUT2D eigenvalue weighted by atomic mass is 16.8. The lowest BCUT2D eigenvalue weighted by molar-refractivity contribution is -0.344. The summed E-state index contributed by atoms with van der Waals surface area (Å²) in [6.07, 6.45) is -23.8. The lowest BCUT2D eigenvalue weighted by Gasteiger charge is -2.44. The summed E-state index contributed by atoms with van der Waals surface area (Å²) in [4.78, 5) is 0. The molecule has 3 aliphatic heterocycles. The number of benzene rings is 2. The van der Waals surface area contributed by atoms with Crippen molar-refractivity contribution in [3.8, 4) is 40.1 Å². The first-order valence-corrected chi connectivity index (χ1v) is 16.0. The maximum absolute atomic E-state index is 11.1. The molecular formula is C32H39O20+. The smallest absolute Gasteiger partial charge is 0.402 e. The Labute approximate surface area is 292 Å². The highest BCUT2D eigenvalue weighted by Gasteiger charge is 2.51. The van der Waals surface area contributed by atoms with E-state index >= 15 is 0 Å². The zero-order valence-electron chi connectivity index (χ0n) is 26.8.